The fourth-order valence-corrected chi connectivity index (χ4v) is 2.48. The first-order valence-electron chi connectivity index (χ1n) is 5.63. The minimum atomic E-state index is -0.449. The first kappa shape index (κ1) is 9.47. The minimum Gasteiger partial charge on any atom is -0.390 e. The van der Waals surface area contributed by atoms with E-state index in [1.807, 2.05) is 0 Å². The summed E-state index contributed by atoms with van der Waals surface area (Å²) in [5.41, 5.74) is 0. The van der Waals surface area contributed by atoms with Crippen molar-refractivity contribution in [2.75, 3.05) is 0 Å². The van der Waals surface area contributed by atoms with Crippen molar-refractivity contribution in [1.29, 1.82) is 0 Å². The van der Waals surface area contributed by atoms with Gasteiger partial charge in [0.25, 0.3) is 0 Å². The third kappa shape index (κ3) is 2.44. The summed E-state index contributed by atoms with van der Waals surface area (Å²) in [5.74, 6) is 1.10. The van der Waals surface area contributed by atoms with Gasteiger partial charge in [0, 0.05) is 0 Å². The van der Waals surface area contributed by atoms with Crippen molar-refractivity contribution >= 4 is 0 Å². The maximum absolute atomic E-state index is 9.74. The molecule has 0 radical (unpaired) electrons. The van der Waals surface area contributed by atoms with Gasteiger partial charge in [0.05, 0.1) is 12.2 Å². The van der Waals surface area contributed by atoms with Crippen molar-refractivity contribution < 1.29 is 10.2 Å². The summed E-state index contributed by atoms with van der Waals surface area (Å²) in [5, 5.41) is 19.4. The van der Waals surface area contributed by atoms with E-state index >= 15 is 0 Å². The maximum atomic E-state index is 9.74. The average Bonchev–Trinajstić information content (AvgIpc) is 2.85. The molecule has 0 aliphatic heterocycles. The van der Waals surface area contributed by atoms with E-state index in [4.69, 9.17) is 0 Å². The highest BCUT2D eigenvalue weighted by atomic mass is 16.3. The van der Waals surface area contributed by atoms with E-state index in [1.54, 1.807) is 0 Å². The van der Waals surface area contributed by atoms with Gasteiger partial charge in [-0.2, -0.15) is 0 Å². The molecule has 2 heteroatoms. The Hall–Kier alpha value is -0.0800. The SMILES string of the molecule is OC(CC1CCCC1)C(O)C1CC1. The van der Waals surface area contributed by atoms with Crippen molar-refractivity contribution in [2.24, 2.45) is 11.8 Å². The van der Waals surface area contributed by atoms with Gasteiger partial charge in [-0.25, -0.2) is 0 Å². The summed E-state index contributed by atoms with van der Waals surface area (Å²) in [4.78, 5) is 0. The van der Waals surface area contributed by atoms with E-state index in [0.717, 1.165) is 19.3 Å². The highest BCUT2D eigenvalue weighted by molar-refractivity contribution is 4.86. The van der Waals surface area contributed by atoms with E-state index in [0.29, 0.717) is 11.8 Å². The lowest BCUT2D eigenvalue weighted by atomic mass is 9.95. The molecule has 0 aromatic carbocycles. The van der Waals surface area contributed by atoms with E-state index < -0.39 is 12.2 Å². The molecule has 0 spiro atoms. The molecule has 13 heavy (non-hydrogen) atoms. The lowest BCUT2D eigenvalue weighted by Crippen LogP contribution is -2.29. The summed E-state index contributed by atoms with van der Waals surface area (Å²) < 4.78 is 0. The molecule has 0 aromatic heterocycles. The van der Waals surface area contributed by atoms with Gasteiger partial charge >= 0.3 is 0 Å². The topological polar surface area (TPSA) is 40.5 Å². The van der Waals surface area contributed by atoms with Gasteiger partial charge in [-0.15, -0.1) is 0 Å². The van der Waals surface area contributed by atoms with E-state index in [-0.39, 0.29) is 0 Å². The lowest BCUT2D eigenvalue weighted by molar-refractivity contribution is -0.00685. The van der Waals surface area contributed by atoms with Crippen LogP contribution in [0.1, 0.15) is 44.9 Å². The monoisotopic (exact) mass is 184 g/mol. The lowest BCUT2D eigenvalue weighted by Gasteiger charge is -2.20. The molecule has 2 N–H and O–H groups in total. The van der Waals surface area contributed by atoms with E-state index in [2.05, 4.69) is 0 Å². The maximum Gasteiger partial charge on any atom is 0.0827 e. The molecule has 0 amide bonds. The number of hydrogen-bond donors (Lipinski definition) is 2. The molecule has 2 unspecified atom stereocenters. The Balaban J connectivity index is 1.72. The van der Waals surface area contributed by atoms with Gasteiger partial charge in [-0.1, -0.05) is 25.7 Å². The number of aliphatic hydroxyl groups is 2. The standard InChI is InChI=1S/C11H20O2/c12-10(11(13)9-5-6-9)7-8-3-1-2-4-8/h8-13H,1-7H2. The third-order valence-electron chi connectivity index (χ3n) is 3.55. The molecular formula is C11H20O2. The number of rotatable bonds is 4. The van der Waals surface area contributed by atoms with Gasteiger partial charge in [-0.3, -0.25) is 0 Å². The Morgan fingerprint density at radius 2 is 1.62 bits per heavy atom. The molecule has 2 atom stereocenters. The largest absolute Gasteiger partial charge is 0.390 e. The van der Waals surface area contributed by atoms with Crippen molar-refractivity contribution in [2.45, 2.75) is 57.2 Å². The molecule has 2 nitrogen and oxygen atoms in total. The quantitative estimate of drug-likeness (QED) is 0.698. The third-order valence-corrected chi connectivity index (χ3v) is 3.55. The highest BCUT2D eigenvalue weighted by Gasteiger charge is 2.35. The van der Waals surface area contributed by atoms with Crippen LogP contribution in [0.2, 0.25) is 0 Å². The molecule has 2 aliphatic carbocycles. The smallest absolute Gasteiger partial charge is 0.0827 e. The van der Waals surface area contributed by atoms with Crippen LogP contribution < -0.4 is 0 Å². The van der Waals surface area contributed by atoms with Gasteiger partial charge in [0.2, 0.25) is 0 Å². The van der Waals surface area contributed by atoms with Crippen LogP contribution in [-0.4, -0.2) is 22.4 Å². The molecular weight excluding hydrogens is 164 g/mol. The van der Waals surface area contributed by atoms with E-state index in [9.17, 15) is 10.2 Å². The van der Waals surface area contributed by atoms with E-state index in [1.165, 1.54) is 25.7 Å². The van der Waals surface area contributed by atoms with Crippen LogP contribution in [0.15, 0.2) is 0 Å². The molecule has 2 rings (SSSR count). The second-order valence-corrected chi connectivity index (χ2v) is 4.78. The zero-order valence-corrected chi connectivity index (χ0v) is 8.15. The van der Waals surface area contributed by atoms with Crippen LogP contribution in [0.25, 0.3) is 0 Å². The van der Waals surface area contributed by atoms with Gasteiger partial charge in [0.1, 0.15) is 0 Å². The van der Waals surface area contributed by atoms with Crippen LogP contribution in [0.4, 0.5) is 0 Å². The minimum absolute atomic E-state index is 0.413. The Morgan fingerprint density at radius 3 is 2.15 bits per heavy atom. The van der Waals surface area contributed by atoms with Crippen molar-refractivity contribution in [3.8, 4) is 0 Å². The Kier molecular flexibility index (Phi) is 2.89. The fourth-order valence-electron chi connectivity index (χ4n) is 2.48. The molecule has 0 heterocycles. The highest BCUT2D eigenvalue weighted by Crippen LogP contribution is 2.36. The molecule has 2 fully saturated rings. The zero-order valence-electron chi connectivity index (χ0n) is 8.15. The Morgan fingerprint density at radius 1 is 1.00 bits per heavy atom. The van der Waals surface area contributed by atoms with Gasteiger partial charge < -0.3 is 10.2 Å². The first-order chi connectivity index (χ1) is 6.27. The molecule has 76 valence electrons. The first-order valence-corrected chi connectivity index (χ1v) is 5.63. The predicted octanol–water partition coefficient (Wildman–Crippen LogP) is 1.70. The van der Waals surface area contributed by atoms with Crippen molar-refractivity contribution in [1.82, 2.24) is 0 Å². The van der Waals surface area contributed by atoms with Crippen LogP contribution in [0, 0.1) is 11.8 Å². The normalized spacial score (nSPS) is 29.1. The number of aliphatic hydroxyl groups excluding tert-OH is 2. The summed E-state index contributed by atoms with van der Waals surface area (Å²) in [6.07, 6.45) is 7.33. The Labute approximate surface area is 80.0 Å². The molecule has 0 aromatic rings. The molecule has 2 aliphatic rings. The van der Waals surface area contributed by atoms with Crippen LogP contribution in [0.3, 0.4) is 0 Å². The predicted molar refractivity (Wildman–Crippen MR) is 51.3 cm³/mol. The molecule has 0 saturated heterocycles. The summed E-state index contributed by atoms with van der Waals surface area (Å²) >= 11 is 0. The van der Waals surface area contributed by atoms with Crippen molar-refractivity contribution in [3.63, 3.8) is 0 Å². The second-order valence-electron chi connectivity index (χ2n) is 4.78. The number of hydrogen-bond acceptors (Lipinski definition) is 2. The summed E-state index contributed by atoms with van der Waals surface area (Å²) in [6.45, 7) is 0. The molecule has 0 bridgehead atoms. The van der Waals surface area contributed by atoms with Gasteiger partial charge in [-0.05, 0) is 31.1 Å². The summed E-state index contributed by atoms with van der Waals surface area (Å²) in [6, 6.07) is 0. The second kappa shape index (κ2) is 3.97. The van der Waals surface area contributed by atoms with Crippen molar-refractivity contribution in [3.05, 3.63) is 0 Å². The summed E-state index contributed by atoms with van der Waals surface area (Å²) in [7, 11) is 0. The Bertz CT molecular complexity index is 159. The van der Waals surface area contributed by atoms with Gasteiger partial charge in [0.15, 0.2) is 0 Å². The fraction of sp³-hybridized carbons (Fsp3) is 1.00. The van der Waals surface area contributed by atoms with Crippen LogP contribution >= 0.6 is 0 Å². The average molecular weight is 184 g/mol. The van der Waals surface area contributed by atoms with Crippen LogP contribution in [-0.2, 0) is 0 Å². The molecule has 2 saturated carbocycles. The van der Waals surface area contributed by atoms with Crippen LogP contribution in [0.5, 0.6) is 0 Å². The zero-order chi connectivity index (χ0) is 9.26.